The van der Waals surface area contributed by atoms with Gasteiger partial charge in [-0.1, -0.05) is 0 Å². The number of hydrogen-bond donors (Lipinski definition) is 0. The van der Waals surface area contributed by atoms with Crippen molar-refractivity contribution in [2.75, 3.05) is 0 Å². The van der Waals surface area contributed by atoms with Gasteiger partial charge in [0.25, 0.3) is 0 Å². The van der Waals surface area contributed by atoms with Crippen LogP contribution in [0.2, 0.25) is 0 Å². The van der Waals surface area contributed by atoms with Crippen LogP contribution < -0.4 is 0 Å². The van der Waals surface area contributed by atoms with Crippen molar-refractivity contribution in [2.24, 2.45) is 0 Å². The summed E-state index contributed by atoms with van der Waals surface area (Å²) in [6.45, 7) is 0. The fourth-order valence-corrected chi connectivity index (χ4v) is 1.17. The molecule has 0 aliphatic rings. The predicted octanol–water partition coefficient (Wildman–Crippen LogP) is 0.430. The van der Waals surface area contributed by atoms with E-state index >= 15 is 0 Å². The molecule has 4 heteroatoms. The average Bonchev–Trinajstić information content (AvgIpc) is 2.04. The number of rotatable bonds is 0. The summed E-state index contributed by atoms with van der Waals surface area (Å²) in [4.78, 5) is 8.18. The van der Waals surface area contributed by atoms with Crippen LogP contribution in [0.1, 0.15) is 0 Å². The van der Waals surface area contributed by atoms with Gasteiger partial charge in [0.15, 0.2) is 0 Å². The van der Waals surface area contributed by atoms with Crippen LogP contribution in [0.5, 0.6) is 0 Å². The second-order valence-electron chi connectivity index (χ2n) is 2.11. The Morgan fingerprint density at radius 3 is 3.18 bits per heavy atom. The molecule has 0 N–H and O–H groups in total. The van der Waals surface area contributed by atoms with Crippen molar-refractivity contribution in [1.82, 2.24) is 14.4 Å². The van der Waals surface area contributed by atoms with E-state index in [1.165, 1.54) is 0 Å². The Morgan fingerprint density at radius 1 is 1.36 bits per heavy atom. The summed E-state index contributed by atoms with van der Waals surface area (Å²) in [5.41, 5.74) is 0.899. The molecule has 0 fully saturated rings. The molecule has 2 rings (SSSR count). The van der Waals surface area contributed by atoms with Crippen molar-refractivity contribution in [3.05, 3.63) is 35.0 Å². The summed E-state index contributed by atoms with van der Waals surface area (Å²) in [5.74, 6) is 0. The van der Waals surface area contributed by atoms with Crippen LogP contribution in [0.15, 0.2) is 30.7 Å². The van der Waals surface area contributed by atoms with E-state index in [-0.39, 0.29) is 0 Å². The summed E-state index contributed by atoms with van der Waals surface area (Å²) in [5, 5.41) is 0. The molecule has 3 nitrogen and oxygen atoms in total. The molecular formula is C7H5N3Se. The normalized spacial score (nSPS) is 10.2. The molecule has 0 amide bonds. The van der Waals surface area contributed by atoms with Gasteiger partial charge in [0.05, 0.1) is 0 Å². The first-order valence-electron chi connectivity index (χ1n) is 3.16. The van der Waals surface area contributed by atoms with Crippen molar-refractivity contribution in [3.8, 4) is 0 Å². The molecule has 2 heterocycles. The molecule has 0 spiro atoms. The van der Waals surface area contributed by atoms with Crippen molar-refractivity contribution in [2.45, 2.75) is 0 Å². The van der Waals surface area contributed by atoms with Crippen LogP contribution in [-0.4, -0.2) is 29.9 Å². The van der Waals surface area contributed by atoms with Gasteiger partial charge in [0, 0.05) is 0 Å². The molecule has 0 aliphatic heterocycles. The standard InChI is InChI=1S/C7H5N3Se/c11-7-8-5-10-4-2-1-3-6(10)9-7/h1-5H. The van der Waals surface area contributed by atoms with Gasteiger partial charge >= 0.3 is 70.6 Å². The van der Waals surface area contributed by atoms with E-state index in [0.29, 0.717) is 4.32 Å². The second-order valence-corrected chi connectivity index (χ2v) is 2.87. The monoisotopic (exact) mass is 211 g/mol. The third-order valence-corrected chi connectivity index (χ3v) is 1.78. The van der Waals surface area contributed by atoms with Gasteiger partial charge in [0.1, 0.15) is 0 Å². The zero-order valence-electron chi connectivity index (χ0n) is 5.64. The van der Waals surface area contributed by atoms with Gasteiger partial charge in [-0.05, 0) is 0 Å². The molecule has 0 bridgehead atoms. The molecule has 0 radical (unpaired) electrons. The molecule has 11 heavy (non-hydrogen) atoms. The molecule has 0 saturated heterocycles. The Morgan fingerprint density at radius 2 is 2.27 bits per heavy atom. The zero-order valence-corrected chi connectivity index (χ0v) is 7.35. The van der Waals surface area contributed by atoms with E-state index in [9.17, 15) is 0 Å². The molecule has 0 atom stereocenters. The SMILES string of the molecule is [Se]=c1ncn2ccccc2n1. The van der Waals surface area contributed by atoms with E-state index in [0.717, 1.165) is 5.65 Å². The summed E-state index contributed by atoms with van der Waals surface area (Å²) < 4.78 is 2.54. The molecular weight excluding hydrogens is 205 g/mol. The summed E-state index contributed by atoms with van der Waals surface area (Å²) >= 11 is 2.76. The van der Waals surface area contributed by atoms with Gasteiger partial charge in [-0.2, -0.15) is 0 Å². The zero-order chi connectivity index (χ0) is 7.68. The fourth-order valence-electron chi connectivity index (χ4n) is 0.878. The third-order valence-electron chi connectivity index (χ3n) is 1.37. The van der Waals surface area contributed by atoms with E-state index in [4.69, 9.17) is 0 Å². The summed E-state index contributed by atoms with van der Waals surface area (Å²) in [6.07, 6.45) is 3.64. The molecule has 0 aliphatic carbocycles. The quantitative estimate of drug-likeness (QED) is 0.590. The average molecular weight is 210 g/mol. The Kier molecular flexibility index (Phi) is 1.56. The Bertz CT molecular complexity index is 435. The maximum absolute atomic E-state index is 4.17. The van der Waals surface area contributed by atoms with Crippen molar-refractivity contribution in [3.63, 3.8) is 0 Å². The number of nitrogens with zero attached hydrogens (tertiary/aromatic N) is 3. The predicted molar refractivity (Wildman–Crippen MR) is 42.0 cm³/mol. The maximum atomic E-state index is 4.17. The first-order chi connectivity index (χ1) is 5.36. The van der Waals surface area contributed by atoms with Crippen LogP contribution >= 0.6 is 0 Å². The first kappa shape index (κ1) is 6.70. The fraction of sp³-hybridized carbons (Fsp3) is 0. The van der Waals surface area contributed by atoms with E-state index < -0.39 is 0 Å². The first-order valence-corrected chi connectivity index (χ1v) is 4.02. The van der Waals surface area contributed by atoms with Gasteiger partial charge in [-0.3, -0.25) is 0 Å². The minimum atomic E-state index is 0.677. The van der Waals surface area contributed by atoms with Crippen molar-refractivity contribution in [1.29, 1.82) is 0 Å². The molecule has 2 aromatic heterocycles. The van der Waals surface area contributed by atoms with Crippen LogP contribution in [0.3, 0.4) is 0 Å². The minimum absolute atomic E-state index is 0.677. The molecule has 54 valence electrons. The van der Waals surface area contributed by atoms with Crippen molar-refractivity contribution >= 4 is 21.2 Å². The van der Waals surface area contributed by atoms with E-state index in [2.05, 4.69) is 25.5 Å². The van der Waals surface area contributed by atoms with Crippen LogP contribution in [-0.2, 0) is 0 Å². The van der Waals surface area contributed by atoms with Crippen LogP contribution in [0.25, 0.3) is 5.65 Å². The molecule has 0 unspecified atom stereocenters. The Balaban J connectivity index is 2.94. The van der Waals surface area contributed by atoms with Crippen LogP contribution in [0.4, 0.5) is 0 Å². The molecule has 2 aromatic rings. The van der Waals surface area contributed by atoms with Crippen LogP contribution in [0, 0.1) is 4.32 Å². The van der Waals surface area contributed by atoms with Gasteiger partial charge in [0.2, 0.25) is 0 Å². The third kappa shape index (κ3) is 1.22. The number of aromatic nitrogens is 3. The van der Waals surface area contributed by atoms with Gasteiger partial charge in [-0.25, -0.2) is 0 Å². The Labute approximate surface area is 71.1 Å². The Hall–Kier alpha value is -0.991. The number of pyridine rings is 1. The topological polar surface area (TPSA) is 30.2 Å². The summed E-state index contributed by atoms with van der Waals surface area (Å²) in [6, 6.07) is 5.82. The van der Waals surface area contributed by atoms with E-state index in [1.807, 2.05) is 28.8 Å². The molecule has 0 saturated carbocycles. The van der Waals surface area contributed by atoms with Gasteiger partial charge in [-0.15, -0.1) is 0 Å². The van der Waals surface area contributed by atoms with Gasteiger partial charge < -0.3 is 0 Å². The second kappa shape index (κ2) is 2.57. The number of hydrogen-bond acceptors (Lipinski definition) is 2. The molecule has 0 aromatic carbocycles. The number of fused-ring (bicyclic) bond motifs is 1. The van der Waals surface area contributed by atoms with Crippen molar-refractivity contribution < 1.29 is 0 Å². The summed E-state index contributed by atoms with van der Waals surface area (Å²) in [7, 11) is 0. The van der Waals surface area contributed by atoms with E-state index in [1.54, 1.807) is 6.33 Å².